The molecule has 100 valence electrons. The number of nitrogens with zero attached hydrogens (tertiary/aromatic N) is 1. The summed E-state index contributed by atoms with van der Waals surface area (Å²) < 4.78 is 13.1. The standard InChI is InChI=1S/C15H16ClFN2/c1-10(2)19-8-11-5-13(9-18-7-11)12-3-4-15(17)14(16)6-12/h3-7,9-10,19H,8H2,1-2H3. The molecule has 19 heavy (non-hydrogen) atoms. The fraction of sp³-hybridized carbons (Fsp3) is 0.267. The Bertz CT molecular complexity index is 570. The summed E-state index contributed by atoms with van der Waals surface area (Å²) in [5, 5.41) is 3.46. The molecule has 4 heteroatoms. The van der Waals surface area contributed by atoms with Gasteiger partial charge in [0, 0.05) is 30.5 Å². The van der Waals surface area contributed by atoms with Gasteiger partial charge in [-0.05, 0) is 29.3 Å². The average molecular weight is 279 g/mol. The Labute approximate surface area is 117 Å². The van der Waals surface area contributed by atoms with Crippen LogP contribution in [0.3, 0.4) is 0 Å². The van der Waals surface area contributed by atoms with Crippen molar-refractivity contribution in [3.8, 4) is 11.1 Å². The first-order valence-electron chi connectivity index (χ1n) is 6.19. The maximum atomic E-state index is 13.1. The van der Waals surface area contributed by atoms with Crippen molar-refractivity contribution in [3.63, 3.8) is 0 Å². The predicted octanol–water partition coefficient (Wildman–Crippen LogP) is 4.04. The summed E-state index contributed by atoms with van der Waals surface area (Å²) in [5.74, 6) is -0.406. The average Bonchev–Trinajstić information content (AvgIpc) is 2.40. The summed E-state index contributed by atoms with van der Waals surface area (Å²) in [5.41, 5.74) is 2.89. The van der Waals surface area contributed by atoms with Crippen LogP contribution in [0.1, 0.15) is 19.4 Å². The first kappa shape index (κ1) is 14.0. The van der Waals surface area contributed by atoms with Gasteiger partial charge in [0.15, 0.2) is 0 Å². The first-order valence-corrected chi connectivity index (χ1v) is 6.57. The Morgan fingerprint density at radius 2 is 2.00 bits per heavy atom. The summed E-state index contributed by atoms with van der Waals surface area (Å²) in [4.78, 5) is 4.21. The van der Waals surface area contributed by atoms with E-state index in [-0.39, 0.29) is 5.02 Å². The molecule has 0 unspecified atom stereocenters. The molecule has 0 amide bonds. The summed E-state index contributed by atoms with van der Waals surface area (Å²) in [6.45, 7) is 4.95. The van der Waals surface area contributed by atoms with Gasteiger partial charge in [-0.3, -0.25) is 4.98 Å². The van der Waals surface area contributed by atoms with E-state index in [0.29, 0.717) is 6.04 Å². The number of rotatable bonds is 4. The fourth-order valence-electron chi connectivity index (χ4n) is 1.74. The van der Waals surface area contributed by atoms with Crippen molar-refractivity contribution < 1.29 is 4.39 Å². The zero-order valence-electron chi connectivity index (χ0n) is 11.0. The molecule has 0 spiro atoms. The van der Waals surface area contributed by atoms with Gasteiger partial charge in [-0.15, -0.1) is 0 Å². The number of nitrogens with one attached hydrogen (secondary N) is 1. The van der Waals surface area contributed by atoms with Crippen LogP contribution in [0.25, 0.3) is 11.1 Å². The molecule has 0 atom stereocenters. The Balaban J connectivity index is 2.24. The molecule has 1 aromatic heterocycles. The van der Waals surface area contributed by atoms with E-state index in [9.17, 15) is 4.39 Å². The number of aromatic nitrogens is 1. The van der Waals surface area contributed by atoms with Crippen molar-refractivity contribution in [1.82, 2.24) is 10.3 Å². The van der Waals surface area contributed by atoms with Gasteiger partial charge in [-0.2, -0.15) is 0 Å². The van der Waals surface area contributed by atoms with Crippen LogP contribution in [-0.2, 0) is 6.54 Å². The molecular weight excluding hydrogens is 263 g/mol. The third kappa shape index (κ3) is 3.75. The zero-order valence-corrected chi connectivity index (χ0v) is 11.7. The number of hydrogen-bond acceptors (Lipinski definition) is 2. The first-order chi connectivity index (χ1) is 9.06. The fourth-order valence-corrected chi connectivity index (χ4v) is 1.92. The van der Waals surface area contributed by atoms with Crippen LogP contribution in [0.15, 0.2) is 36.7 Å². The highest BCUT2D eigenvalue weighted by Crippen LogP contribution is 2.24. The van der Waals surface area contributed by atoms with E-state index in [0.717, 1.165) is 23.2 Å². The highest BCUT2D eigenvalue weighted by atomic mass is 35.5. The van der Waals surface area contributed by atoms with Crippen molar-refractivity contribution in [2.75, 3.05) is 0 Å². The molecule has 0 saturated heterocycles. The second-order valence-electron chi connectivity index (χ2n) is 4.75. The molecule has 2 aromatic rings. The highest BCUT2D eigenvalue weighted by Gasteiger charge is 2.05. The van der Waals surface area contributed by atoms with Crippen LogP contribution in [0, 0.1) is 5.82 Å². The minimum absolute atomic E-state index is 0.128. The SMILES string of the molecule is CC(C)NCc1cncc(-c2ccc(F)c(Cl)c2)c1. The quantitative estimate of drug-likeness (QED) is 0.913. The summed E-state index contributed by atoms with van der Waals surface area (Å²) in [6, 6.07) is 7.15. The number of benzene rings is 1. The molecule has 1 heterocycles. The van der Waals surface area contributed by atoms with Gasteiger partial charge in [0.25, 0.3) is 0 Å². The topological polar surface area (TPSA) is 24.9 Å². The number of pyridine rings is 1. The normalized spacial score (nSPS) is 11.0. The van der Waals surface area contributed by atoms with Gasteiger partial charge in [0.1, 0.15) is 5.82 Å². The lowest BCUT2D eigenvalue weighted by molar-refractivity contribution is 0.588. The minimum atomic E-state index is -0.406. The van der Waals surface area contributed by atoms with Crippen LogP contribution in [0.4, 0.5) is 4.39 Å². The van der Waals surface area contributed by atoms with Crippen LogP contribution in [0.2, 0.25) is 5.02 Å². The summed E-state index contributed by atoms with van der Waals surface area (Å²) in [6.07, 6.45) is 3.58. The second-order valence-corrected chi connectivity index (χ2v) is 5.15. The Hall–Kier alpha value is -1.45. The lowest BCUT2D eigenvalue weighted by Gasteiger charge is -2.09. The van der Waals surface area contributed by atoms with E-state index in [1.54, 1.807) is 18.3 Å². The molecule has 2 rings (SSSR count). The molecule has 0 aliphatic carbocycles. The van der Waals surface area contributed by atoms with E-state index in [2.05, 4.69) is 24.1 Å². The van der Waals surface area contributed by atoms with E-state index >= 15 is 0 Å². The molecule has 1 N–H and O–H groups in total. The highest BCUT2D eigenvalue weighted by molar-refractivity contribution is 6.31. The Morgan fingerprint density at radius 3 is 2.68 bits per heavy atom. The van der Waals surface area contributed by atoms with Gasteiger partial charge >= 0.3 is 0 Å². The lowest BCUT2D eigenvalue weighted by atomic mass is 10.1. The largest absolute Gasteiger partial charge is 0.310 e. The van der Waals surface area contributed by atoms with Crippen molar-refractivity contribution in [2.24, 2.45) is 0 Å². The molecule has 0 aliphatic rings. The number of halogens is 2. The van der Waals surface area contributed by atoms with E-state index < -0.39 is 5.82 Å². The van der Waals surface area contributed by atoms with Gasteiger partial charge in [-0.1, -0.05) is 31.5 Å². The van der Waals surface area contributed by atoms with E-state index in [1.165, 1.54) is 6.07 Å². The summed E-state index contributed by atoms with van der Waals surface area (Å²) >= 11 is 5.80. The van der Waals surface area contributed by atoms with Crippen molar-refractivity contribution in [1.29, 1.82) is 0 Å². The van der Waals surface area contributed by atoms with Crippen LogP contribution in [-0.4, -0.2) is 11.0 Å². The monoisotopic (exact) mass is 278 g/mol. The van der Waals surface area contributed by atoms with Crippen molar-refractivity contribution in [3.05, 3.63) is 53.1 Å². The third-order valence-electron chi connectivity index (χ3n) is 2.76. The second kappa shape index (κ2) is 6.13. The Morgan fingerprint density at radius 1 is 1.21 bits per heavy atom. The smallest absolute Gasteiger partial charge is 0.141 e. The zero-order chi connectivity index (χ0) is 13.8. The van der Waals surface area contributed by atoms with Crippen molar-refractivity contribution >= 4 is 11.6 Å². The van der Waals surface area contributed by atoms with Gasteiger partial charge < -0.3 is 5.32 Å². The van der Waals surface area contributed by atoms with Crippen LogP contribution < -0.4 is 5.32 Å². The molecule has 0 bridgehead atoms. The minimum Gasteiger partial charge on any atom is -0.310 e. The maximum Gasteiger partial charge on any atom is 0.141 e. The predicted molar refractivity (Wildman–Crippen MR) is 76.6 cm³/mol. The maximum absolute atomic E-state index is 13.1. The lowest BCUT2D eigenvalue weighted by Crippen LogP contribution is -2.21. The van der Waals surface area contributed by atoms with Crippen LogP contribution >= 0.6 is 11.6 Å². The molecule has 2 nitrogen and oxygen atoms in total. The molecule has 0 radical (unpaired) electrons. The van der Waals surface area contributed by atoms with Gasteiger partial charge in [0.05, 0.1) is 5.02 Å². The number of hydrogen-bond donors (Lipinski definition) is 1. The van der Waals surface area contributed by atoms with Gasteiger partial charge in [0.2, 0.25) is 0 Å². The van der Waals surface area contributed by atoms with E-state index in [4.69, 9.17) is 11.6 Å². The molecule has 1 aromatic carbocycles. The molecular formula is C15H16ClFN2. The molecule has 0 aliphatic heterocycles. The Kier molecular flexibility index (Phi) is 4.51. The van der Waals surface area contributed by atoms with Crippen LogP contribution in [0.5, 0.6) is 0 Å². The van der Waals surface area contributed by atoms with E-state index in [1.807, 2.05) is 12.3 Å². The summed E-state index contributed by atoms with van der Waals surface area (Å²) in [7, 11) is 0. The van der Waals surface area contributed by atoms with Gasteiger partial charge in [-0.25, -0.2) is 4.39 Å². The third-order valence-corrected chi connectivity index (χ3v) is 3.05. The molecule has 0 fully saturated rings. The van der Waals surface area contributed by atoms with Crippen molar-refractivity contribution in [2.45, 2.75) is 26.4 Å². The molecule has 0 saturated carbocycles.